The summed E-state index contributed by atoms with van der Waals surface area (Å²) in [7, 11) is -5.76. The van der Waals surface area contributed by atoms with E-state index in [0.29, 0.717) is 23.2 Å². The Morgan fingerprint density at radius 2 is 1.65 bits per heavy atom. The molecule has 31 heavy (non-hydrogen) atoms. The van der Waals surface area contributed by atoms with Crippen LogP contribution >= 0.6 is 11.6 Å². The van der Waals surface area contributed by atoms with Crippen molar-refractivity contribution in [3.05, 3.63) is 100 Å². The molecule has 0 fully saturated rings. The number of halogens is 5. The quantitative estimate of drug-likeness (QED) is 0.223. The monoisotopic (exact) mass is 472 g/mol. The maximum absolute atomic E-state index is 14.7. The molecule has 11 heteroatoms. The van der Waals surface area contributed by atoms with E-state index in [1.165, 1.54) is 36.4 Å². The molecular weight excluding hydrogens is 460 g/mol. The Hall–Kier alpha value is -2.95. The second-order valence-corrected chi connectivity index (χ2v) is 8.25. The first-order chi connectivity index (χ1) is 14.7. The number of hydrogen-bond acceptors (Lipinski definition) is 4. The van der Waals surface area contributed by atoms with Crippen LogP contribution in [-0.2, 0) is 15.3 Å². The molecule has 0 radical (unpaired) electrons. The number of rotatable bonds is 7. The summed E-state index contributed by atoms with van der Waals surface area (Å²) < 4.78 is 79.2. The normalized spacial score (nSPS) is 12.6. The molecule has 0 bridgehead atoms. The maximum atomic E-state index is 14.7. The van der Waals surface area contributed by atoms with Gasteiger partial charge >= 0.3 is 15.3 Å². The molecule has 0 saturated heterocycles. The highest BCUT2D eigenvalue weighted by Gasteiger charge is 2.49. The minimum Gasteiger partial charge on any atom is -0.356 e. The van der Waals surface area contributed by atoms with Crippen LogP contribution < -0.4 is 9.78 Å². The van der Waals surface area contributed by atoms with Gasteiger partial charge in [-0.2, -0.15) is 8.78 Å². The summed E-state index contributed by atoms with van der Waals surface area (Å²) in [5.41, 5.74) is -1.89. The van der Waals surface area contributed by atoms with Crippen molar-refractivity contribution in [2.24, 2.45) is 5.16 Å². The van der Waals surface area contributed by atoms with E-state index in [9.17, 15) is 26.1 Å². The predicted octanol–water partition coefficient (Wildman–Crippen LogP) is 5.16. The number of nitrogens with zero attached hydrogens (tertiary/aromatic N) is 1. The second kappa shape index (κ2) is 9.04. The van der Waals surface area contributed by atoms with Crippen molar-refractivity contribution >= 4 is 27.3 Å². The minimum atomic E-state index is -5.76. The number of nitrogens with one attached hydrogen (secondary N) is 1. The van der Waals surface area contributed by atoms with Crippen molar-refractivity contribution in [3.63, 3.8) is 0 Å². The first-order valence-electron chi connectivity index (χ1n) is 8.52. The Labute approximate surface area is 179 Å². The zero-order valence-electron chi connectivity index (χ0n) is 15.4. The average Bonchev–Trinajstić information content (AvgIpc) is 2.75. The molecular formula is C20H13ClF4N2O3S. The molecule has 0 atom stereocenters. The molecule has 0 aliphatic carbocycles. The van der Waals surface area contributed by atoms with Crippen LogP contribution in [0, 0.1) is 5.82 Å². The summed E-state index contributed by atoms with van der Waals surface area (Å²) in [4.78, 5) is 5.38. The third-order valence-corrected chi connectivity index (χ3v) is 5.44. The fourth-order valence-electron chi connectivity index (χ4n) is 2.61. The van der Waals surface area contributed by atoms with Gasteiger partial charge < -0.3 is 4.84 Å². The number of sulfonamides is 1. The van der Waals surface area contributed by atoms with E-state index in [2.05, 4.69) is 5.16 Å². The van der Waals surface area contributed by atoms with Gasteiger partial charge in [-0.1, -0.05) is 47.1 Å². The number of hydrogen-bond donors (Lipinski definition) is 1. The summed E-state index contributed by atoms with van der Waals surface area (Å²) in [6.45, 7) is 0. The molecule has 0 aliphatic heterocycles. The summed E-state index contributed by atoms with van der Waals surface area (Å²) >= 11 is 5.80. The Morgan fingerprint density at radius 3 is 2.26 bits per heavy atom. The van der Waals surface area contributed by atoms with Crippen LogP contribution in [0.15, 0.2) is 78.0 Å². The Balaban J connectivity index is 2.21. The lowest BCUT2D eigenvalue weighted by Crippen LogP contribution is -2.35. The van der Waals surface area contributed by atoms with Crippen molar-refractivity contribution in [2.75, 3.05) is 0 Å². The summed E-state index contributed by atoms with van der Waals surface area (Å²) in [6, 6.07) is 15.4. The SMILES string of the molecule is O=S(=O)(NF)C(F)(F)c1ccc(F)cc1/C(=N\Oc1ccc(Cl)cc1)c1ccccc1. The highest BCUT2D eigenvalue weighted by atomic mass is 35.5. The van der Waals surface area contributed by atoms with E-state index in [1.54, 1.807) is 18.2 Å². The van der Waals surface area contributed by atoms with Gasteiger partial charge in [0.15, 0.2) is 5.75 Å². The van der Waals surface area contributed by atoms with E-state index in [-0.39, 0.29) is 22.0 Å². The zero-order chi connectivity index (χ0) is 22.6. The average molecular weight is 473 g/mol. The molecule has 0 unspecified atom stereocenters. The van der Waals surface area contributed by atoms with E-state index in [0.717, 1.165) is 0 Å². The molecule has 3 aromatic rings. The van der Waals surface area contributed by atoms with Crippen molar-refractivity contribution in [1.29, 1.82) is 0 Å². The highest BCUT2D eigenvalue weighted by Crippen LogP contribution is 2.37. The van der Waals surface area contributed by atoms with Crippen LogP contribution in [-0.4, -0.2) is 14.1 Å². The number of benzene rings is 3. The lowest BCUT2D eigenvalue weighted by Gasteiger charge is -2.19. The summed E-state index contributed by atoms with van der Waals surface area (Å²) in [5.74, 6) is -0.768. The van der Waals surface area contributed by atoms with Gasteiger partial charge in [-0.25, -0.2) is 12.8 Å². The molecule has 5 nitrogen and oxygen atoms in total. The molecule has 3 rings (SSSR count). The summed E-state index contributed by atoms with van der Waals surface area (Å²) in [5, 5.41) is -0.485. The molecule has 0 aromatic heterocycles. The largest absolute Gasteiger partial charge is 0.387 e. The van der Waals surface area contributed by atoms with Gasteiger partial charge in [0.25, 0.3) is 0 Å². The van der Waals surface area contributed by atoms with Gasteiger partial charge in [-0.15, -0.1) is 4.48 Å². The topological polar surface area (TPSA) is 67.8 Å². The fraction of sp³-hybridized carbons (Fsp3) is 0.0500. The van der Waals surface area contributed by atoms with Crippen LogP contribution in [0.2, 0.25) is 5.02 Å². The minimum absolute atomic E-state index is 0.109. The molecule has 1 N–H and O–H groups in total. The van der Waals surface area contributed by atoms with Crippen LogP contribution in [0.4, 0.5) is 17.7 Å². The molecule has 0 saturated carbocycles. The van der Waals surface area contributed by atoms with Crippen molar-refractivity contribution < 1.29 is 30.9 Å². The zero-order valence-corrected chi connectivity index (χ0v) is 17.0. The van der Waals surface area contributed by atoms with E-state index >= 15 is 0 Å². The van der Waals surface area contributed by atoms with Crippen molar-refractivity contribution in [3.8, 4) is 5.75 Å². The number of oxime groups is 1. The maximum Gasteiger partial charge on any atom is 0.387 e. The standard InChI is InChI=1S/C20H13ClF4N2O3S/c21-14-6-9-16(10-7-14)30-26-19(13-4-2-1-3-5-13)17-12-15(22)8-11-18(17)20(23,24)31(28,29)27-25/h1-12,27H/b26-19-. The Kier molecular flexibility index (Phi) is 6.63. The van der Waals surface area contributed by atoms with Crippen molar-refractivity contribution in [2.45, 2.75) is 5.25 Å². The van der Waals surface area contributed by atoms with E-state index in [4.69, 9.17) is 16.4 Å². The van der Waals surface area contributed by atoms with Gasteiger partial charge in [-0.3, -0.25) is 0 Å². The van der Waals surface area contributed by atoms with E-state index in [1.807, 2.05) is 0 Å². The molecule has 162 valence electrons. The molecule has 0 aliphatic rings. The summed E-state index contributed by atoms with van der Waals surface area (Å²) in [6.07, 6.45) is 0. The third-order valence-electron chi connectivity index (χ3n) is 4.09. The smallest absolute Gasteiger partial charge is 0.356 e. The van der Waals surface area contributed by atoms with Gasteiger partial charge in [0, 0.05) is 21.7 Å². The first-order valence-corrected chi connectivity index (χ1v) is 10.4. The lowest BCUT2D eigenvalue weighted by molar-refractivity contribution is 0.0851. The first kappa shape index (κ1) is 22.7. The molecule has 0 heterocycles. The predicted molar refractivity (Wildman–Crippen MR) is 108 cm³/mol. The Bertz CT molecular complexity index is 1200. The van der Waals surface area contributed by atoms with Gasteiger partial charge in [0.05, 0.1) is 0 Å². The van der Waals surface area contributed by atoms with E-state index < -0.39 is 32.2 Å². The van der Waals surface area contributed by atoms with Gasteiger partial charge in [0.1, 0.15) is 11.5 Å². The second-order valence-electron chi connectivity index (χ2n) is 6.14. The van der Waals surface area contributed by atoms with Crippen LogP contribution in [0.3, 0.4) is 0 Å². The van der Waals surface area contributed by atoms with Crippen molar-refractivity contribution in [1.82, 2.24) is 4.94 Å². The lowest BCUT2D eigenvalue weighted by atomic mass is 9.97. The third kappa shape index (κ3) is 4.87. The van der Waals surface area contributed by atoms with Gasteiger partial charge in [-0.05, 0) is 47.4 Å². The molecule has 0 spiro atoms. The van der Waals surface area contributed by atoms with Crippen LogP contribution in [0.1, 0.15) is 16.7 Å². The van der Waals surface area contributed by atoms with Gasteiger partial charge in [0.2, 0.25) is 0 Å². The number of alkyl halides is 2. The van der Waals surface area contributed by atoms with Crippen LogP contribution in [0.5, 0.6) is 5.75 Å². The Morgan fingerprint density at radius 1 is 1.00 bits per heavy atom. The van der Waals surface area contributed by atoms with Crippen LogP contribution in [0.25, 0.3) is 0 Å². The fourth-order valence-corrected chi connectivity index (χ4v) is 3.30. The molecule has 0 amide bonds. The highest BCUT2D eigenvalue weighted by molar-refractivity contribution is 7.89. The molecule has 3 aromatic carbocycles.